The van der Waals surface area contributed by atoms with Gasteiger partial charge in [0.1, 0.15) is 0 Å². The van der Waals surface area contributed by atoms with E-state index in [1.807, 2.05) is 0 Å². The summed E-state index contributed by atoms with van der Waals surface area (Å²) in [6.45, 7) is 2.24. The molecule has 0 radical (unpaired) electrons. The molecule has 1 aromatic rings. The Hall–Kier alpha value is -0.820. The highest BCUT2D eigenvalue weighted by Crippen LogP contribution is 2.36. The normalized spacial score (nSPS) is 17.8. The second-order valence-electron chi connectivity index (χ2n) is 5.40. The fourth-order valence-electron chi connectivity index (χ4n) is 2.54. The second kappa shape index (κ2) is 6.20. The summed E-state index contributed by atoms with van der Waals surface area (Å²) in [5.74, 6) is 0.834. The zero-order valence-electron chi connectivity index (χ0n) is 11.0. The Balaban J connectivity index is 1.87. The molecule has 1 saturated carbocycles. The predicted octanol–water partition coefficient (Wildman–Crippen LogP) is 4.53. The number of hydrogen-bond donors (Lipinski definition) is 1. The van der Waals surface area contributed by atoms with E-state index in [0.29, 0.717) is 0 Å². The van der Waals surface area contributed by atoms with Crippen LogP contribution in [-0.2, 0) is 0 Å². The minimum atomic E-state index is 0.233. The molecule has 1 heteroatoms. The second-order valence-corrected chi connectivity index (χ2v) is 5.40. The molecule has 2 N–H and O–H groups in total. The molecule has 0 saturated heterocycles. The number of hydrogen-bond acceptors (Lipinski definition) is 1. The fourth-order valence-corrected chi connectivity index (χ4v) is 2.54. The van der Waals surface area contributed by atoms with E-state index < -0.39 is 0 Å². The molecule has 2 rings (SSSR count). The van der Waals surface area contributed by atoms with Crippen molar-refractivity contribution in [3.8, 4) is 0 Å². The van der Waals surface area contributed by atoms with Crippen LogP contribution in [0, 0.1) is 0 Å². The average Bonchev–Trinajstić information content (AvgIpc) is 2.28. The lowest BCUT2D eigenvalue weighted by molar-refractivity contribution is 0.419. The molecule has 1 aromatic carbocycles. The molecule has 1 unspecified atom stereocenters. The van der Waals surface area contributed by atoms with E-state index in [4.69, 9.17) is 5.73 Å². The van der Waals surface area contributed by atoms with E-state index in [1.165, 1.54) is 49.7 Å². The minimum Gasteiger partial charge on any atom is -0.324 e. The Labute approximate surface area is 105 Å². The van der Waals surface area contributed by atoms with Crippen molar-refractivity contribution in [1.82, 2.24) is 0 Å². The van der Waals surface area contributed by atoms with Crippen LogP contribution in [0.2, 0.25) is 0 Å². The molecule has 0 bridgehead atoms. The third-order valence-corrected chi connectivity index (χ3v) is 4.06. The third kappa shape index (κ3) is 3.32. The monoisotopic (exact) mass is 231 g/mol. The van der Waals surface area contributed by atoms with E-state index in [-0.39, 0.29) is 6.04 Å². The molecular weight excluding hydrogens is 206 g/mol. The van der Waals surface area contributed by atoms with Crippen LogP contribution in [0.5, 0.6) is 0 Å². The summed E-state index contributed by atoms with van der Waals surface area (Å²) in [5.41, 5.74) is 9.03. The molecule has 0 heterocycles. The van der Waals surface area contributed by atoms with Gasteiger partial charge in [0.2, 0.25) is 0 Å². The first-order valence-corrected chi connectivity index (χ1v) is 7.16. The Morgan fingerprint density at radius 1 is 1.18 bits per heavy atom. The van der Waals surface area contributed by atoms with Gasteiger partial charge in [-0.1, -0.05) is 56.9 Å². The molecule has 0 aliphatic heterocycles. The molecule has 17 heavy (non-hydrogen) atoms. The van der Waals surface area contributed by atoms with Gasteiger partial charge in [0.25, 0.3) is 0 Å². The predicted molar refractivity (Wildman–Crippen MR) is 74.1 cm³/mol. The summed E-state index contributed by atoms with van der Waals surface area (Å²) < 4.78 is 0. The van der Waals surface area contributed by atoms with Gasteiger partial charge in [0.05, 0.1) is 0 Å². The van der Waals surface area contributed by atoms with Crippen LogP contribution in [0.4, 0.5) is 0 Å². The lowest BCUT2D eigenvalue weighted by Gasteiger charge is -2.26. The maximum atomic E-state index is 6.21. The highest BCUT2D eigenvalue weighted by molar-refractivity contribution is 5.28. The van der Waals surface area contributed by atoms with Crippen LogP contribution in [0.1, 0.15) is 75.0 Å². The Bertz CT molecular complexity index is 324. The van der Waals surface area contributed by atoms with Crippen LogP contribution in [-0.4, -0.2) is 0 Å². The van der Waals surface area contributed by atoms with Crippen LogP contribution in [0.25, 0.3) is 0 Å². The average molecular weight is 231 g/mol. The van der Waals surface area contributed by atoms with Crippen molar-refractivity contribution in [1.29, 1.82) is 0 Å². The Kier molecular flexibility index (Phi) is 4.61. The molecule has 0 amide bonds. The zero-order chi connectivity index (χ0) is 12.1. The topological polar surface area (TPSA) is 26.0 Å². The molecule has 0 aromatic heterocycles. The van der Waals surface area contributed by atoms with Gasteiger partial charge in [-0.3, -0.25) is 0 Å². The molecule has 1 aliphatic rings. The zero-order valence-corrected chi connectivity index (χ0v) is 11.0. The summed E-state index contributed by atoms with van der Waals surface area (Å²) in [5, 5.41) is 0. The SMILES string of the molecule is CCCCCC(N)c1ccc(C2CCC2)cc1. The first-order chi connectivity index (χ1) is 8.31. The van der Waals surface area contributed by atoms with E-state index >= 15 is 0 Å². The van der Waals surface area contributed by atoms with Crippen LogP contribution in [0.15, 0.2) is 24.3 Å². The molecule has 1 atom stereocenters. The molecule has 0 spiro atoms. The maximum Gasteiger partial charge on any atom is 0.0294 e. The number of unbranched alkanes of at least 4 members (excludes halogenated alkanes) is 2. The Morgan fingerprint density at radius 3 is 2.41 bits per heavy atom. The van der Waals surface area contributed by atoms with Gasteiger partial charge >= 0.3 is 0 Å². The molecule has 1 fully saturated rings. The number of benzene rings is 1. The van der Waals surface area contributed by atoms with Gasteiger partial charge < -0.3 is 5.73 Å². The largest absolute Gasteiger partial charge is 0.324 e. The lowest BCUT2D eigenvalue weighted by Crippen LogP contribution is -2.11. The third-order valence-electron chi connectivity index (χ3n) is 4.06. The molecule has 1 aliphatic carbocycles. The lowest BCUT2D eigenvalue weighted by atomic mass is 9.80. The van der Waals surface area contributed by atoms with Gasteiger partial charge in [-0.2, -0.15) is 0 Å². The summed E-state index contributed by atoms with van der Waals surface area (Å²) in [4.78, 5) is 0. The first kappa shape index (κ1) is 12.6. The van der Waals surface area contributed by atoms with Crippen LogP contribution < -0.4 is 5.73 Å². The van der Waals surface area contributed by atoms with Crippen LogP contribution in [0.3, 0.4) is 0 Å². The van der Waals surface area contributed by atoms with Gasteiger partial charge in [0, 0.05) is 6.04 Å². The van der Waals surface area contributed by atoms with Crippen molar-refractivity contribution in [2.45, 2.75) is 63.8 Å². The van der Waals surface area contributed by atoms with Gasteiger partial charge in [0.15, 0.2) is 0 Å². The Morgan fingerprint density at radius 2 is 1.88 bits per heavy atom. The van der Waals surface area contributed by atoms with Gasteiger partial charge in [-0.05, 0) is 36.3 Å². The van der Waals surface area contributed by atoms with Crippen molar-refractivity contribution >= 4 is 0 Å². The van der Waals surface area contributed by atoms with E-state index in [9.17, 15) is 0 Å². The summed E-state index contributed by atoms with van der Waals surface area (Å²) in [6.07, 6.45) is 9.10. The summed E-state index contributed by atoms with van der Waals surface area (Å²) in [7, 11) is 0. The van der Waals surface area contributed by atoms with E-state index in [2.05, 4.69) is 31.2 Å². The fraction of sp³-hybridized carbons (Fsp3) is 0.625. The van der Waals surface area contributed by atoms with Crippen molar-refractivity contribution < 1.29 is 0 Å². The first-order valence-electron chi connectivity index (χ1n) is 7.16. The molecular formula is C16H25N. The van der Waals surface area contributed by atoms with Crippen molar-refractivity contribution in [2.75, 3.05) is 0 Å². The smallest absolute Gasteiger partial charge is 0.0294 e. The number of rotatable bonds is 6. The highest BCUT2D eigenvalue weighted by Gasteiger charge is 2.19. The van der Waals surface area contributed by atoms with Crippen molar-refractivity contribution in [3.63, 3.8) is 0 Å². The number of nitrogens with two attached hydrogens (primary N) is 1. The van der Waals surface area contributed by atoms with Gasteiger partial charge in [-0.15, -0.1) is 0 Å². The maximum absolute atomic E-state index is 6.21. The summed E-state index contributed by atoms with van der Waals surface area (Å²) in [6, 6.07) is 9.30. The van der Waals surface area contributed by atoms with E-state index in [1.54, 1.807) is 0 Å². The minimum absolute atomic E-state index is 0.233. The standard InChI is InChI=1S/C16H25N/c1-2-3-4-8-16(17)15-11-9-14(10-12-15)13-6-5-7-13/h9-13,16H,2-8,17H2,1H3. The van der Waals surface area contributed by atoms with Crippen molar-refractivity contribution in [2.24, 2.45) is 5.73 Å². The van der Waals surface area contributed by atoms with Gasteiger partial charge in [-0.25, -0.2) is 0 Å². The van der Waals surface area contributed by atoms with E-state index in [0.717, 1.165) is 12.3 Å². The quantitative estimate of drug-likeness (QED) is 0.715. The highest BCUT2D eigenvalue weighted by atomic mass is 14.6. The molecule has 94 valence electrons. The van der Waals surface area contributed by atoms with Crippen molar-refractivity contribution in [3.05, 3.63) is 35.4 Å². The summed E-state index contributed by atoms with van der Waals surface area (Å²) >= 11 is 0. The molecule has 1 nitrogen and oxygen atoms in total. The van der Waals surface area contributed by atoms with Crippen LogP contribution >= 0.6 is 0 Å².